The van der Waals surface area contributed by atoms with Gasteiger partial charge in [-0.1, -0.05) is 61.0 Å². The van der Waals surface area contributed by atoms with Crippen molar-refractivity contribution in [3.8, 4) is 11.1 Å². The average Bonchev–Trinajstić information content (AvgIpc) is 2.60. The van der Waals surface area contributed by atoms with E-state index in [0.717, 1.165) is 21.2 Å². The topological polar surface area (TPSA) is 56.2 Å². The van der Waals surface area contributed by atoms with E-state index in [1.54, 1.807) is 6.07 Å². The Bertz CT molecular complexity index is 1250. The first kappa shape index (κ1) is 17.8. The number of para-hydroxylation sites is 1. The molecule has 136 valence electrons. The number of halogens is 1. The van der Waals surface area contributed by atoms with E-state index in [1.807, 2.05) is 48.5 Å². The molecule has 1 heterocycles. The minimum Gasteiger partial charge on any atom is -0.455 e. The number of hydrogen-bond acceptors (Lipinski definition) is 3. The normalized spacial score (nSPS) is 12.0. The lowest BCUT2D eigenvalue weighted by atomic mass is 9.82. The second-order valence-electron chi connectivity index (χ2n) is 7.78. The molecule has 0 saturated carbocycles. The summed E-state index contributed by atoms with van der Waals surface area (Å²) in [4.78, 5) is 13.2. The van der Waals surface area contributed by atoms with Crippen molar-refractivity contribution in [2.45, 2.75) is 26.2 Å². The molecule has 0 fully saturated rings. The molecule has 2 N–H and O–H groups in total. The first-order chi connectivity index (χ1) is 12.8. The van der Waals surface area contributed by atoms with Crippen LogP contribution in [-0.2, 0) is 5.41 Å². The molecule has 0 aliphatic heterocycles. The van der Waals surface area contributed by atoms with Crippen LogP contribution >= 0.6 is 15.9 Å². The summed E-state index contributed by atoms with van der Waals surface area (Å²) in [6, 6.07) is 17.1. The zero-order valence-corrected chi connectivity index (χ0v) is 17.1. The van der Waals surface area contributed by atoms with E-state index in [1.165, 1.54) is 0 Å². The Labute approximate surface area is 165 Å². The lowest BCUT2D eigenvalue weighted by molar-refractivity contribution is 0.572. The molecule has 0 amide bonds. The van der Waals surface area contributed by atoms with Gasteiger partial charge in [0.05, 0.1) is 10.8 Å². The molecular weight excluding hydrogens is 402 g/mol. The van der Waals surface area contributed by atoms with Crippen molar-refractivity contribution >= 4 is 43.6 Å². The maximum atomic E-state index is 13.2. The van der Waals surface area contributed by atoms with Gasteiger partial charge in [0.2, 0.25) is 5.43 Å². The van der Waals surface area contributed by atoms with Crippen LogP contribution in [0.1, 0.15) is 26.3 Å². The van der Waals surface area contributed by atoms with Crippen LogP contribution < -0.4 is 11.2 Å². The zero-order chi connectivity index (χ0) is 19.3. The van der Waals surface area contributed by atoms with Gasteiger partial charge in [-0.05, 0) is 41.3 Å². The van der Waals surface area contributed by atoms with Gasteiger partial charge in [-0.3, -0.25) is 4.79 Å². The third-order valence-corrected chi connectivity index (χ3v) is 5.29. The minimum absolute atomic E-state index is 0.0337. The summed E-state index contributed by atoms with van der Waals surface area (Å²) in [5.41, 5.74) is 10.8. The Morgan fingerprint density at radius 3 is 2.41 bits per heavy atom. The van der Waals surface area contributed by atoms with E-state index in [2.05, 4.69) is 36.7 Å². The van der Waals surface area contributed by atoms with Crippen molar-refractivity contribution in [3.05, 3.63) is 74.9 Å². The standard InChI is InChI=1S/C23H20BrNO2/c1-23(2,3)19-20(25)16(13-7-6-8-14(24)11-13)12-17-21(26)15-9-4-5-10-18(15)27-22(17)19/h4-12H,25H2,1-3H3. The molecule has 4 heteroatoms. The number of nitrogens with two attached hydrogens (primary N) is 1. The fourth-order valence-corrected chi connectivity index (χ4v) is 3.99. The second-order valence-corrected chi connectivity index (χ2v) is 8.69. The van der Waals surface area contributed by atoms with Crippen molar-refractivity contribution in [3.63, 3.8) is 0 Å². The molecule has 0 saturated heterocycles. The van der Waals surface area contributed by atoms with Gasteiger partial charge in [-0.15, -0.1) is 0 Å². The van der Waals surface area contributed by atoms with Gasteiger partial charge in [0, 0.05) is 21.3 Å². The van der Waals surface area contributed by atoms with Crippen molar-refractivity contribution < 1.29 is 4.42 Å². The Balaban J connectivity index is 2.22. The van der Waals surface area contributed by atoms with E-state index in [9.17, 15) is 4.79 Å². The Kier molecular flexibility index (Phi) is 4.11. The Morgan fingerprint density at radius 1 is 0.963 bits per heavy atom. The molecule has 0 bridgehead atoms. The largest absolute Gasteiger partial charge is 0.455 e. The maximum Gasteiger partial charge on any atom is 0.200 e. The van der Waals surface area contributed by atoms with Gasteiger partial charge in [0.1, 0.15) is 11.2 Å². The van der Waals surface area contributed by atoms with Gasteiger partial charge in [0.15, 0.2) is 0 Å². The molecule has 27 heavy (non-hydrogen) atoms. The molecule has 0 spiro atoms. The van der Waals surface area contributed by atoms with Crippen LogP contribution in [-0.4, -0.2) is 0 Å². The van der Waals surface area contributed by atoms with Crippen LogP contribution in [0.4, 0.5) is 5.69 Å². The first-order valence-corrected chi connectivity index (χ1v) is 9.61. The van der Waals surface area contributed by atoms with E-state index in [4.69, 9.17) is 10.2 Å². The van der Waals surface area contributed by atoms with Crippen molar-refractivity contribution in [1.29, 1.82) is 0 Å². The van der Waals surface area contributed by atoms with Crippen molar-refractivity contribution in [2.75, 3.05) is 5.73 Å². The molecule has 0 aliphatic rings. The van der Waals surface area contributed by atoms with Gasteiger partial charge >= 0.3 is 0 Å². The molecular formula is C23H20BrNO2. The summed E-state index contributed by atoms with van der Waals surface area (Å²) in [5.74, 6) is 0. The van der Waals surface area contributed by atoms with Crippen LogP contribution in [0.5, 0.6) is 0 Å². The number of anilines is 1. The second kappa shape index (κ2) is 6.24. The number of hydrogen-bond donors (Lipinski definition) is 1. The van der Waals surface area contributed by atoms with Gasteiger partial charge < -0.3 is 10.2 Å². The predicted molar refractivity (Wildman–Crippen MR) is 116 cm³/mol. The average molecular weight is 422 g/mol. The number of benzene rings is 3. The predicted octanol–water partition coefficient (Wildman–Crippen LogP) is 6.26. The van der Waals surface area contributed by atoms with Crippen molar-refractivity contribution in [1.82, 2.24) is 0 Å². The lowest BCUT2D eigenvalue weighted by Crippen LogP contribution is -2.17. The molecule has 0 radical (unpaired) electrons. The van der Waals surface area contributed by atoms with Gasteiger partial charge in [0.25, 0.3) is 0 Å². The first-order valence-electron chi connectivity index (χ1n) is 8.82. The third kappa shape index (κ3) is 2.94. The minimum atomic E-state index is -0.289. The fraction of sp³-hybridized carbons (Fsp3) is 0.174. The molecule has 3 aromatic carbocycles. The maximum absolute atomic E-state index is 13.2. The summed E-state index contributed by atoms with van der Waals surface area (Å²) in [5, 5.41) is 1.14. The molecule has 4 rings (SSSR count). The monoisotopic (exact) mass is 421 g/mol. The Hall–Kier alpha value is -2.59. The quantitative estimate of drug-likeness (QED) is 0.291. The van der Waals surface area contributed by atoms with Crippen LogP contribution in [0.15, 0.2) is 68.3 Å². The number of nitrogen functional groups attached to an aromatic ring is 1. The highest BCUT2D eigenvalue weighted by molar-refractivity contribution is 9.10. The van der Waals surface area contributed by atoms with Crippen molar-refractivity contribution in [2.24, 2.45) is 0 Å². The number of rotatable bonds is 1. The summed E-state index contributed by atoms with van der Waals surface area (Å²) in [7, 11) is 0. The van der Waals surface area contributed by atoms with E-state index < -0.39 is 0 Å². The summed E-state index contributed by atoms with van der Waals surface area (Å²) >= 11 is 3.52. The highest BCUT2D eigenvalue weighted by Crippen LogP contribution is 2.41. The Morgan fingerprint density at radius 2 is 1.70 bits per heavy atom. The van der Waals surface area contributed by atoms with E-state index in [0.29, 0.717) is 27.6 Å². The molecule has 0 unspecified atom stereocenters. The van der Waals surface area contributed by atoms with E-state index in [-0.39, 0.29) is 10.8 Å². The van der Waals surface area contributed by atoms with Crippen LogP contribution in [0.3, 0.4) is 0 Å². The van der Waals surface area contributed by atoms with Crippen LogP contribution in [0, 0.1) is 0 Å². The fourth-order valence-electron chi connectivity index (χ4n) is 3.59. The molecule has 1 aromatic heterocycles. The SMILES string of the molecule is CC(C)(C)c1c(N)c(-c2cccc(Br)c2)cc2c(=O)c3ccccc3oc12. The van der Waals surface area contributed by atoms with Crippen LogP contribution in [0.2, 0.25) is 0 Å². The third-order valence-electron chi connectivity index (χ3n) is 4.79. The van der Waals surface area contributed by atoms with Gasteiger partial charge in [-0.2, -0.15) is 0 Å². The molecule has 4 aromatic rings. The molecule has 0 aliphatic carbocycles. The van der Waals surface area contributed by atoms with Gasteiger partial charge in [-0.25, -0.2) is 0 Å². The molecule has 0 atom stereocenters. The van der Waals surface area contributed by atoms with Crippen LogP contribution in [0.25, 0.3) is 33.1 Å². The summed E-state index contributed by atoms with van der Waals surface area (Å²) < 4.78 is 7.15. The van der Waals surface area contributed by atoms with E-state index >= 15 is 0 Å². The highest BCUT2D eigenvalue weighted by atomic mass is 79.9. The zero-order valence-electron chi connectivity index (χ0n) is 15.5. The lowest BCUT2D eigenvalue weighted by Gasteiger charge is -2.24. The highest BCUT2D eigenvalue weighted by Gasteiger charge is 2.26. The smallest absolute Gasteiger partial charge is 0.200 e. The summed E-state index contributed by atoms with van der Waals surface area (Å²) in [6.45, 7) is 6.24. The number of fused-ring (bicyclic) bond motifs is 2. The molecule has 3 nitrogen and oxygen atoms in total. The summed E-state index contributed by atoms with van der Waals surface area (Å²) in [6.07, 6.45) is 0.